The van der Waals surface area contributed by atoms with E-state index in [2.05, 4.69) is 76.5 Å². The Morgan fingerprint density at radius 2 is 1.45 bits per heavy atom. The summed E-state index contributed by atoms with van der Waals surface area (Å²) >= 11 is 0. The second kappa shape index (κ2) is 13.2. The zero-order valence-electron chi connectivity index (χ0n) is 28.1. The van der Waals surface area contributed by atoms with E-state index in [0.717, 1.165) is 53.9 Å². The molecule has 234 valence electrons. The summed E-state index contributed by atoms with van der Waals surface area (Å²) in [7, 11) is -0.440. The molecule has 4 rings (SSSR count). The van der Waals surface area contributed by atoms with Crippen molar-refractivity contribution in [2.75, 3.05) is 16.3 Å². The number of amides is 1. The third-order valence-electron chi connectivity index (χ3n) is 8.46. The fourth-order valence-electron chi connectivity index (χ4n) is 5.15. The first-order chi connectivity index (χ1) is 20.6. The Balaban J connectivity index is 1.61. The lowest BCUT2D eigenvalue weighted by Crippen LogP contribution is -2.41. The summed E-state index contributed by atoms with van der Waals surface area (Å²) in [5.74, 6) is 0. The van der Waals surface area contributed by atoms with Gasteiger partial charge in [-0.05, 0) is 130 Å². The predicted molar refractivity (Wildman–Crippen MR) is 183 cm³/mol. The number of anilines is 3. The van der Waals surface area contributed by atoms with Gasteiger partial charge in [0.2, 0.25) is 0 Å². The summed E-state index contributed by atoms with van der Waals surface area (Å²) < 4.78 is 18.4. The summed E-state index contributed by atoms with van der Waals surface area (Å²) in [4.78, 5) is 17.4. The van der Waals surface area contributed by atoms with Crippen molar-refractivity contribution in [1.29, 1.82) is 0 Å². The number of aryl methyl sites for hydroxylation is 1. The van der Waals surface area contributed by atoms with Gasteiger partial charge in [0.25, 0.3) is 0 Å². The number of hydrogen-bond acceptors (Lipinski definition) is 5. The Morgan fingerprint density at radius 3 is 1.95 bits per heavy atom. The van der Waals surface area contributed by atoms with Crippen molar-refractivity contribution < 1.29 is 18.8 Å². The fraction of sp³-hybridized carbons (Fsp3) is 0.432. The van der Waals surface area contributed by atoms with Gasteiger partial charge in [-0.1, -0.05) is 48.1 Å². The highest BCUT2D eigenvalue weighted by Gasteiger charge is 2.51. The van der Waals surface area contributed by atoms with Gasteiger partial charge in [-0.2, -0.15) is 0 Å². The fourth-order valence-corrected chi connectivity index (χ4v) is 5.15. The van der Waals surface area contributed by atoms with Crippen molar-refractivity contribution in [2.45, 2.75) is 98.4 Å². The van der Waals surface area contributed by atoms with E-state index in [1.54, 1.807) is 4.90 Å². The maximum atomic E-state index is 13.4. The van der Waals surface area contributed by atoms with E-state index < -0.39 is 30.0 Å². The van der Waals surface area contributed by atoms with Gasteiger partial charge in [0.1, 0.15) is 5.60 Å². The minimum atomic E-state index is -0.617. The van der Waals surface area contributed by atoms with Gasteiger partial charge in [0.05, 0.1) is 22.6 Å². The van der Waals surface area contributed by atoms with Crippen molar-refractivity contribution in [2.24, 2.45) is 0 Å². The van der Waals surface area contributed by atoms with Crippen LogP contribution in [0.4, 0.5) is 21.9 Å². The average Bonchev–Trinajstić information content (AvgIpc) is 3.16. The lowest BCUT2D eigenvalue weighted by molar-refractivity contribution is 0.00578. The Labute approximate surface area is 265 Å². The van der Waals surface area contributed by atoms with Gasteiger partial charge in [0.15, 0.2) is 0 Å². The van der Waals surface area contributed by atoms with E-state index in [4.69, 9.17) is 14.0 Å². The molecule has 1 fully saturated rings. The highest BCUT2D eigenvalue weighted by atomic mass is 16.7. The van der Waals surface area contributed by atoms with Crippen LogP contribution in [-0.4, -0.2) is 36.6 Å². The van der Waals surface area contributed by atoms with Gasteiger partial charge in [-0.15, -0.1) is 0 Å². The smallest absolute Gasteiger partial charge is 0.443 e. The number of allylic oxidation sites excluding steroid dienone is 6. The number of benzene rings is 2. The van der Waals surface area contributed by atoms with Crippen molar-refractivity contribution in [3.63, 3.8) is 0 Å². The highest BCUT2D eigenvalue weighted by Crippen LogP contribution is 2.39. The quantitative estimate of drug-likeness (QED) is 0.213. The number of carbonyl (C=O) groups excluding carboxylic acids is 1. The Bertz CT molecular complexity index is 1410. The van der Waals surface area contributed by atoms with Crippen LogP contribution in [0.5, 0.6) is 0 Å². The molecule has 0 aromatic heterocycles. The summed E-state index contributed by atoms with van der Waals surface area (Å²) in [5, 5.41) is 0. The average molecular weight is 597 g/mol. The molecule has 1 saturated heterocycles. The predicted octanol–water partition coefficient (Wildman–Crippen LogP) is 9.63. The molecule has 1 aliphatic carbocycles. The topological polar surface area (TPSA) is 51.2 Å². The van der Waals surface area contributed by atoms with Gasteiger partial charge in [-0.25, -0.2) is 9.69 Å². The lowest BCUT2D eigenvalue weighted by Gasteiger charge is -2.32. The molecule has 2 aromatic carbocycles. The second-order valence-corrected chi connectivity index (χ2v) is 13.8. The van der Waals surface area contributed by atoms with Gasteiger partial charge in [-0.3, -0.25) is 0 Å². The minimum absolute atomic E-state index is 0.406. The number of carbonyl (C=O) groups is 1. The number of rotatable bonds is 9. The molecule has 0 unspecified atom stereocenters. The molecule has 2 aromatic rings. The van der Waals surface area contributed by atoms with Crippen LogP contribution >= 0.6 is 0 Å². The van der Waals surface area contributed by atoms with Gasteiger partial charge in [0, 0.05) is 17.9 Å². The Morgan fingerprint density at radius 1 is 0.909 bits per heavy atom. The summed E-state index contributed by atoms with van der Waals surface area (Å²) in [6.07, 6.45) is 10.8. The molecule has 44 heavy (non-hydrogen) atoms. The number of hydrogen-bond donors (Lipinski definition) is 0. The third-order valence-corrected chi connectivity index (χ3v) is 8.46. The zero-order chi connectivity index (χ0) is 32.3. The van der Waals surface area contributed by atoms with Crippen molar-refractivity contribution >= 4 is 30.3 Å². The van der Waals surface area contributed by atoms with Crippen LogP contribution in [0.3, 0.4) is 0 Å². The largest absolute Gasteiger partial charge is 0.494 e. The molecule has 0 saturated carbocycles. The van der Waals surface area contributed by atoms with Crippen molar-refractivity contribution in [3.05, 3.63) is 102 Å². The van der Waals surface area contributed by atoms with E-state index in [9.17, 15) is 4.79 Å². The molecule has 1 heterocycles. The molecule has 6 nitrogen and oxygen atoms in total. The van der Waals surface area contributed by atoms with Crippen molar-refractivity contribution in [1.82, 2.24) is 0 Å². The SMILES string of the molecule is C=CC(=CCCN(C1=CC=C(C)CC1)c1ccc(N(C(=O)OC(C)(C)C)c2ccc(C)cc2)cc1)B1OC(C)(C)C(C)(C)O1. The molecule has 0 bridgehead atoms. The summed E-state index contributed by atoms with van der Waals surface area (Å²) in [6.45, 7) is 22.9. The normalized spacial score (nSPS) is 17.9. The molecule has 1 aliphatic heterocycles. The molecule has 7 heteroatoms. The molecular formula is C37H49BN2O4. The van der Waals surface area contributed by atoms with Crippen LogP contribution < -0.4 is 9.80 Å². The van der Waals surface area contributed by atoms with Crippen LogP contribution in [0, 0.1) is 6.92 Å². The van der Waals surface area contributed by atoms with Crippen LogP contribution in [0.1, 0.15) is 80.2 Å². The standard InChI is InChI=1S/C37H49BN2O4/c1-11-29(38-43-36(7,8)37(9,10)44-38)13-12-26-39(30-18-14-27(2)15-19-30)31-22-24-33(25-23-31)40(34(41)42-35(4,5)6)32-20-16-28(3)17-21-32/h11,13-14,16-18,20-25H,1,12,15,19,26H2,2-10H3. The van der Waals surface area contributed by atoms with E-state index >= 15 is 0 Å². The lowest BCUT2D eigenvalue weighted by atomic mass is 9.77. The Hall–Kier alpha value is -3.55. The van der Waals surface area contributed by atoms with Crippen molar-refractivity contribution in [3.8, 4) is 0 Å². The molecule has 0 atom stereocenters. The molecule has 2 aliphatic rings. The van der Waals surface area contributed by atoms with E-state index in [1.807, 2.05) is 70.2 Å². The summed E-state index contributed by atoms with van der Waals surface area (Å²) in [5.41, 5.74) is 5.84. The maximum Gasteiger partial charge on any atom is 0.494 e. The van der Waals surface area contributed by atoms with Gasteiger partial charge >= 0.3 is 13.2 Å². The Kier molecular flexibility index (Phi) is 10.0. The van der Waals surface area contributed by atoms with Gasteiger partial charge < -0.3 is 18.9 Å². The first kappa shape index (κ1) is 33.4. The third kappa shape index (κ3) is 7.93. The number of nitrogens with zero attached hydrogens (tertiary/aromatic N) is 2. The molecular weight excluding hydrogens is 547 g/mol. The van der Waals surface area contributed by atoms with Crippen LogP contribution in [0.2, 0.25) is 0 Å². The number of ether oxygens (including phenoxy) is 1. The molecule has 0 spiro atoms. The monoisotopic (exact) mass is 596 g/mol. The summed E-state index contributed by atoms with van der Waals surface area (Å²) in [6, 6.07) is 16.1. The van der Waals surface area contributed by atoms with Crippen LogP contribution in [0.25, 0.3) is 0 Å². The van der Waals surface area contributed by atoms with Crippen LogP contribution in [-0.2, 0) is 14.0 Å². The minimum Gasteiger partial charge on any atom is -0.443 e. The highest BCUT2D eigenvalue weighted by molar-refractivity contribution is 6.55. The first-order valence-corrected chi connectivity index (χ1v) is 15.6. The molecule has 1 amide bonds. The molecule has 0 N–H and O–H groups in total. The van der Waals surface area contributed by atoms with E-state index in [0.29, 0.717) is 0 Å². The maximum absolute atomic E-state index is 13.4. The van der Waals surface area contributed by atoms with E-state index in [-0.39, 0.29) is 0 Å². The second-order valence-electron chi connectivity index (χ2n) is 13.8. The van der Waals surface area contributed by atoms with Crippen LogP contribution in [0.15, 0.2) is 96.2 Å². The molecule has 0 radical (unpaired) electrons. The first-order valence-electron chi connectivity index (χ1n) is 15.6. The zero-order valence-corrected chi connectivity index (χ0v) is 28.1. The van der Waals surface area contributed by atoms with E-state index in [1.165, 1.54) is 11.3 Å².